The van der Waals surface area contributed by atoms with Crippen LogP contribution < -0.4 is 5.32 Å². The summed E-state index contributed by atoms with van der Waals surface area (Å²) in [7, 11) is 0. The highest BCUT2D eigenvalue weighted by Crippen LogP contribution is 2.07. The Bertz CT molecular complexity index is 211. The molecule has 1 rings (SSSR count). The maximum absolute atomic E-state index is 3.73. The van der Waals surface area contributed by atoms with Gasteiger partial charge in [0.1, 0.15) is 0 Å². The highest BCUT2D eigenvalue weighted by atomic mass is 15.2. The van der Waals surface area contributed by atoms with E-state index in [9.17, 15) is 0 Å². The van der Waals surface area contributed by atoms with Crippen molar-refractivity contribution in [2.45, 2.75) is 28.2 Å². The highest BCUT2D eigenvalue weighted by molar-refractivity contribution is 5.22. The van der Waals surface area contributed by atoms with Crippen LogP contribution in [0.2, 0.25) is 0 Å². The molecule has 0 unspecified atom stereocenters. The van der Waals surface area contributed by atoms with Crippen LogP contribution in [0.25, 0.3) is 0 Å². The first-order valence-electron chi connectivity index (χ1n) is 5.79. The minimum atomic E-state index is 0. The number of nitrogens with one attached hydrogen (secondary N) is 1. The van der Waals surface area contributed by atoms with E-state index in [4.69, 9.17) is 0 Å². The molecule has 0 amide bonds. The normalized spacial score (nSPS) is 16.2. The smallest absolute Gasteiger partial charge is 0.0363 e. The topological polar surface area (TPSA) is 15.3 Å². The van der Waals surface area contributed by atoms with Gasteiger partial charge in [-0.15, -0.1) is 0 Å². The van der Waals surface area contributed by atoms with Gasteiger partial charge in [-0.1, -0.05) is 40.0 Å². The van der Waals surface area contributed by atoms with Crippen LogP contribution in [-0.2, 0) is 0 Å². The highest BCUT2D eigenvalue weighted by Gasteiger charge is 2.09. The van der Waals surface area contributed by atoms with Gasteiger partial charge in [-0.05, 0) is 19.1 Å². The SMILES string of the molecule is C.C=C/C=C(\C=C/C)N1CCNCC1.CC. The fourth-order valence-electron chi connectivity index (χ4n) is 1.48. The molecular formula is C14H28N2. The average molecular weight is 224 g/mol. The van der Waals surface area contributed by atoms with Gasteiger partial charge in [0, 0.05) is 31.9 Å². The largest absolute Gasteiger partial charge is 0.369 e. The van der Waals surface area contributed by atoms with Crippen LogP contribution in [-0.4, -0.2) is 31.1 Å². The lowest BCUT2D eigenvalue weighted by Gasteiger charge is -2.30. The molecule has 0 aliphatic carbocycles. The van der Waals surface area contributed by atoms with Crippen LogP contribution >= 0.6 is 0 Å². The first kappa shape index (κ1) is 17.4. The molecule has 1 N–H and O–H groups in total. The minimum Gasteiger partial charge on any atom is -0.369 e. The van der Waals surface area contributed by atoms with Crippen LogP contribution in [0.15, 0.2) is 36.6 Å². The van der Waals surface area contributed by atoms with Crippen molar-refractivity contribution in [1.82, 2.24) is 10.2 Å². The Balaban J connectivity index is 0. The van der Waals surface area contributed by atoms with Crippen LogP contribution in [0.4, 0.5) is 0 Å². The third-order valence-electron chi connectivity index (χ3n) is 2.11. The molecule has 1 aliphatic rings. The van der Waals surface area contributed by atoms with E-state index in [1.165, 1.54) is 5.70 Å². The summed E-state index contributed by atoms with van der Waals surface area (Å²) in [5, 5.41) is 3.33. The molecule has 0 aromatic carbocycles. The minimum absolute atomic E-state index is 0. The molecule has 16 heavy (non-hydrogen) atoms. The predicted octanol–water partition coefficient (Wildman–Crippen LogP) is 3.20. The van der Waals surface area contributed by atoms with Gasteiger partial charge in [0.05, 0.1) is 0 Å². The molecule has 1 aliphatic heterocycles. The Labute approximate surface area is 102 Å². The Hall–Kier alpha value is -1.02. The summed E-state index contributed by atoms with van der Waals surface area (Å²) in [4.78, 5) is 2.37. The van der Waals surface area contributed by atoms with Crippen molar-refractivity contribution in [2.24, 2.45) is 0 Å². The van der Waals surface area contributed by atoms with Crippen LogP contribution in [0.3, 0.4) is 0 Å². The van der Waals surface area contributed by atoms with Gasteiger partial charge in [0.15, 0.2) is 0 Å². The third-order valence-corrected chi connectivity index (χ3v) is 2.11. The second-order valence-corrected chi connectivity index (χ2v) is 3.06. The first-order valence-corrected chi connectivity index (χ1v) is 5.79. The Morgan fingerprint density at radius 3 is 2.25 bits per heavy atom. The second-order valence-electron chi connectivity index (χ2n) is 3.06. The predicted molar refractivity (Wildman–Crippen MR) is 75.6 cm³/mol. The van der Waals surface area contributed by atoms with Crippen molar-refractivity contribution in [3.05, 3.63) is 36.6 Å². The van der Waals surface area contributed by atoms with Crippen molar-refractivity contribution in [3.8, 4) is 0 Å². The summed E-state index contributed by atoms with van der Waals surface area (Å²) in [6, 6.07) is 0. The molecular weight excluding hydrogens is 196 g/mol. The van der Waals surface area contributed by atoms with Gasteiger partial charge in [-0.25, -0.2) is 0 Å². The summed E-state index contributed by atoms with van der Waals surface area (Å²) in [5.41, 5.74) is 1.26. The van der Waals surface area contributed by atoms with Gasteiger partial charge in [-0.2, -0.15) is 0 Å². The molecule has 0 radical (unpaired) electrons. The van der Waals surface area contributed by atoms with Crippen molar-refractivity contribution < 1.29 is 0 Å². The Morgan fingerprint density at radius 1 is 1.25 bits per heavy atom. The zero-order valence-corrected chi connectivity index (χ0v) is 10.3. The molecule has 1 heterocycles. The Morgan fingerprint density at radius 2 is 1.81 bits per heavy atom. The molecule has 0 atom stereocenters. The lowest BCUT2D eigenvalue weighted by atomic mass is 10.2. The van der Waals surface area contributed by atoms with E-state index >= 15 is 0 Å². The number of piperazine rings is 1. The van der Waals surface area contributed by atoms with Crippen molar-refractivity contribution >= 4 is 0 Å². The Kier molecular flexibility index (Phi) is 13.1. The monoisotopic (exact) mass is 224 g/mol. The van der Waals surface area contributed by atoms with Crippen LogP contribution in [0, 0.1) is 0 Å². The van der Waals surface area contributed by atoms with E-state index in [1.807, 2.05) is 26.8 Å². The number of rotatable bonds is 3. The van der Waals surface area contributed by atoms with E-state index in [2.05, 4.69) is 35.0 Å². The maximum Gasteiger partial charge on any atom is 0.0363 e. The van der Waals surface area contributed by atoms with E-state index in [-0.39, 0.29) is 7.43 Å². The molecule has 94 valence electrons. The molecule has 0 aromatic heterocycles. The number of hydrogen-bond acceptors (Lipinski definition) is 2. The van der Waals surface area contributed by atoms with Crippen LogP contribution in [0.1, 0.15) is 28.2 Å². The quantitative estimate of drug-likeness (QED) is 0.741. The zero-order valence-electron chi connectivity index (χ0n) is 10.3. The van der Waals surface area contributed by atoms with Gasteiger partial charge < -0.3 is 10.2 Å². The number of nitrogens with zero attached hydrogens (tertiary/aromatic N) is 1. The maximum atomic E-state index is 3.73. The fourth-order valence-corrected chi connectivity index (χ4v) is 1.48. The summed E-state index contributed by atoms with van der Waals surface area (Å²) in [6.45, 7) is 14.1. The molecule has 1 saturated heterocycles. The van der Waals surface area contributed by atoms with Crippen LogP contribution in [0.5, 0.6) is 0 Å². The van der Waals surface area contributed by atoms with Gasteiger partial charge in [0.2, 0.25) is 0 Å². The lowest BCUT2D eigenvalue weighted by molar-refractivity contribution is 0.307. The van der Waals surface area contributed by atoms with Crippen molar-refractivity contribution in [1.29, 1.82) is 0 Å². The number of allylic oxidation sites excluding steroid dienone is 4. The van der Waals surface area contributed by atoms with Crippen molar-refractivity contribution in [3.63, 3.8) is 0 Å². The number of hydrogen-bond donors (Lipinski definition) is 1. The van der Waals surface area contributed by atoms with Gasteiger partial charge >= 0.3 is 0 Å². The fraction of sp³-hybridized carbons (Fsp3) is 0.571. The molecule has 0 saturated carbocycles. The molecule has 2 nitrogen and oxygen atoms in total. The zero-order chi connectivity index (χ0) is 11.5. The van der Waals surface area contributed by atoms with Gasteiger partial charge in [-0.3, -0.25) is 0 Å². The molecule has 1 fully saturated rings. The van der Waals surface area contributed by atoms with E-state index in [0.717, 1.165) is 26.2 Å². The summed E-state index contributed by atoms with van der Waals surface area (Å²) < 4.78 is 0. The summed E-state index contributed by atoms with van der Waals surface area (Å²) in [6.07, 6.45) is 8.10. The van der Waals surface area contributed by atoms with Crippen molar-refractivity contribution in [2.75, 3.05) is 26.2 Å². The molecule has 0 spiro atoms. The molecule has 0 bridgehead atoms. The summed E-state index contributed by atoms with van der Waals surface area (Å²) >= 11 is 0. The van der Waals surface area contributed by atoms with E-state index in [1.54, 1.807) is 0 Å². The van der Waals surface area contributed by atoms with Gasteiger partial charge in [0.25, 0.3) is 0 Å². The second kappa shape index (κ2) is 12.1. The first-order chi connectivity index (χ1) is 7.38. The summed E-state index contributed by atoms with van der Waals surface area (Å²) in [5.74, 6) is 0. The standard InChI is InChI=1S/C11H18N2.C2H6.CH4/c1-3-5-11(6-4-2)13-9-7-12-8-10-13;1-2;/h3-6,12H,1,7-10H2,2H3;1-2H3;1H4/b6-4-,11-5+;;. The van der Waals surface area contributed by atoms with E-state index < -0.39 is 0 Å². The average Bonchev–Trinajstić information content (AvgIpc) is 2.33. The lowest BCUT2D eigenvalue weighted by Crippen LogP contribution is -2.42. The molecule has 0 aromatic rings. The third kappa shape index (κ3) is 6.46. The molecule has 2 heteroatoms. The van der Waals surface area contributed by atoms with E-state index in [0.29, 0.717) is 0 Å².